The average Bonchev–Trinajstić information content (AvgIpc) is 2.92. The molecular weight excluding hydrogens is 298 g/mol. The van der Waals surface area contributed by atoms with Crippen LogP contribution in [0.3, 0.4) is 0 Å². The minimum absolute atomic E-state index is 0.321. The second kappa shape index (κ2) is 6.52. The van der Waals surface area contributed by atoms with Crippen molar-refractivity contribution in [2.45, 2.75) is 39.7 Å². The van der Waals surface area contributed by atoms with Crippen LogP contribution in [0.1, 0.15) is 54.0 Å². The van der Waals surface area contributed by atoms with Gasteiger partial charge in [0.25, 0.3) is 0 Å². The Morgan fingerprint density at radius 1 is 1.08 bits per heavy atom. The van der Waals surface area contributed by atoms with Crippen LogP contribution < -0.4 is 0 Å². The van der Waals surface area contributed by atoms with Gasteiger partial charge in [-0.05, 0) is 55.7 Å². The van der Waals surface area contributed by atoms with E-state index < -0.39 is 5.97 Å². The molecule has 0 saturated heterocycles. The normalized spacial score (nSPS) is 11.3. The number of rotatable bonds is 5. The molecule has 0 aliphatic rings. The molecular formula is C21H23NO2. The van der Waals surface area contributed by atoms with Gasteiger partial charge in [0.1, 0.15) is 0 Å². The Morgan fingerprint density at radius 3 is 2.42 bits per heavy atom. The third-order valence-electron chi connectivity index (χ3n) is 4.55. The Balaban J connectivity index is 2.12. The van der Waals surface area contributed by atoms with Crippen molar-refractivity contribution >= 4 is 16.9 Å². The maximum Gasteiger partial charge on any atom is 0.335 e. The number of hydrogen-bond donors (Lipinski definition) is 1. The summed E-state index contributed by atoms with van der Waals surface area (Å²) in [5, 5.41) is 10.2. The first-order valence-corrected chi connectivity index (χ1v) is 8.45. The molecule has 3 nitrogen and oxygen atoms in total. The summed E-state index contributed by atoms with van der Waals surface area (Å²) in [4.78, 5) is 11.2. The Bertz CT molecular complexity index is 890. The van der Waals surface area contributed by atoms with Gasteiger partial charge < -0.3 is 9.67 Å². The first-order valence-electron chi connectivity index (χ1n) is 8.45. The van der Waals surface area contributed by atoms with Gasteiger partial charge in [0.05, 0.1) is 5.56 Å². The van der Waals surface area contributed by atoms with Crippen molar-refractivity contribution in [2.75, 3.05) is 0 Å². The number of benzene rings is 2. The molecule has 0 radical (unpaired) electrons. The molecule has 0 aliphatic heterocycles. The lowest BCUT2D eigenvalue weighted by atomic mass is 10.0. The van der Waals surface area contributed by atoms with Gasteiger partial charge in [0.2, 0.25) is 0 Å². The Morgan fingerprint density at radius 2 is 1.79 bits per heavy atom. The highest BCUT2D eigenvalue weighted by Crippen LogP contribution is 2.27. The molecule has 0 atom stereocenters. The largest absolute Gasteiger partial charge is 0.478 e. The Labute approximate surface area is 142 Å². The zero-order valence-corrected chi connectivity index (χ0v) is 14.4. The first kappa shape index (κ1) is 16.3. The van der Waals surface area contributed by atoms with E-state index >= 15 is 0 Å². The molecule has 3 rings (SSSR count). The van der Waals surface area contributed by atoms with Gasteiger partial charge in [-0.3, -0.25) is 0 Å². The number of hydrogen-bond acceptors (Lipinski definition) is 1. The summed E-state index contributed by atoms with van der Waals surface area (Å²) in [5.74, 6) is -0.882. The first-order chi connectivity index (χ1) is 11.5. The van der Waals surface area contributed by atoms with E-state index in [1.807, 2.05) is 6.07 Å². The summed E-state index contributed by atoms with van der Waals surface area (Å²) in [7, 11) is 0. The number of aryl methyl sites for hydroxylation is 1. The monoisotopic (exact) mass is 321 g/mol. The molecule has 3 heteroatoms. The van der Waals surface area contributed by atoms with Gasteiger partial charge in [-0.1, -0.05) is 31.2 Å². The summed E-state index contributed by atoms with van der Waals surface area (Å²) in [6.07, 6.45) is 1.88. The van der Waals surface area contributed by atoms with Crippen molar-refractivity contribution in [3.63, 3.8) is 0 Å². The van der Waals surface area contributed by atoms with Crippen LogP contribution in [0.2, 0.25) is 0 Å². The maximum absolute atomic E-state index is 11.2. The van der Waals surface area contributed by atoms with Gasteiger partial charge in [-0.15, -0.1) is 0 Å². The molecule has 1 N–H and O–H groups in total. The summed E-state index contributed by atoms with van der Waals surface area (Å²) < 4.78 is 2.31. The zero-order chi connectivity index (χ0) is 17.3. The molecule has 0 aliphatic carbocycles. The lowest BCUT2D eigenvalue weighted by Gasteiger charge is -2.16. The van der Waals surface area contributed by atoms with Crippen molar-refractivity contribution in [3.8, 4) is 0 Å². The molecule has 124 valence electrons. The molecule has 3 aromatic rings. The van der Waals surface area contributed by atoms with Crippen LogP contribution >= 0.6 is 0 Å². The van der Waals surface area contributed by atoms with Crippen molar-refractivity contribution in [1.29, 1.82) is 0 Å². The lowest BCUT2D eigenvalue weighted by Crippen LogP contribution is -2.07. The second-order valence-corrected chi connectivity index (χ2v) is 6.48. The van der Waals surface area contributed by atoms with E-state index in [0.29, 0.717) is 11.6 Å². The smallest absolute Gasteiger partial charge is 0.335 e. The fourth-order valence-corrected chi connectivity index (χ4v) is 3.44. The standard InChI is InChI=1S/C21H23NO2/c1-4-15-7-5-6-8-16(15)12-19-13-18-11-17(21(23)24)9-10-20(18)22(19)14(2)3/h5-11,13-14H,4,12H2,1-3H3,(H,23,24). The van der Waals surface area contributed by atoms with E-state index in [9.17, 15) is 9.90 Å². The second-order valence-electron chi connectivity index (χ2n) is 6.48. The summed E-state index contributed by atoms with van der Waals surface area (Å²) in [5.41, 5.74) is 5.36. The topological polar surface area (TPSA) is 42.2 Å². The van der Waals surface area contributed by atoms with Crippen molar-refractivity contribution in [3.05, 3.63) is 70.9 Å². The molecule has 0 bridgehead atoms. The lowest BCUT2D eigenvalue weighted by molar-refractivity contribution is 0.0697. The van der Waals surface area contributed by atoms with Crippen molar-refractivity contribution in [1.82, 2.24) is 4.57 Å². The number of nitrogens with zero attached hydrogens (tertiary/aromatic N) is 1. The van der Waals surface area contributed by atoms with Crippen LogP contribution in [-0.4, -0.2) is 15.6 Å². The van der Waals surface area contributed by atoms with Crippen molar-refractivity contribution in [2.24, 2.45) is 0 Å². The van der Waals surface area contributed by atoms with Crippen LogP contribution in [-0.2, 0) is 12.8 Å². The Hall–Kier alpha value is -2.55. The van der Waals surface area contributed by atoms with E-state index in [1.165, 1.54) is 16.8 Å². The predicted octanol–water partition coefficient (Wildman–Crippen LogP) is 5.07. The zero-order valence-electron chi connectivity index (χ0n) is 14.4. The molecule has 24 heavy (non-hydrogen) atoms. The van der Waals surface area contributed by atoms with Gasteiger partial charge in [0.15, 0.2) is 0 Å². The van der Waals surface area contributed by atoms with Crippen LogP contribution in [0.25, 0.3) is 10.9 Å². The van der Waals surface area contributed by atoms with E-state index in [-0.39, 0.29) is 0 Å². The molecule has 0 amide bonds. The number of aromatic carboxylic acids is 1. The number of carbonyl (C=O) groups is 1. The van der Waals surface area contributed by atoms with Crippen LogP contribution in [0.15, 0.2) is 48.5 Å². The van der Waals surface area contributed by atoms with E-state index in [2.05, 4.69) is 55.7 Å². The van der Waals surface area contributed by atoms with Crippen molar-refractivity contribution < 1.29 is 9.90 Å². The predicted molar refractivity (Wildman–Crippen MR) is 97.9 cm³/mol. The highest BCUT2D eigenvalue weighted by atomic mass is 16.4. The third kappa shape index (κ3) is 2.94. The quantitative estimate of drug-likeness (QED) is 0.712. The van der Waals surface area contributed by atoms with Crippen LogP contribution in [0.5, 0.6) is 0 Å². The average molecular weight is 321 g/mol. The summed E-state index contributed by atoms with van der Waals surface area (Å²) in [6.45, 7) is 6.51. The molecule has 0 saturated carbocycles. The molecule has 0 fully saturated rings. The minimum Gasteiger partial charge on any atom is -0.478 e. The Kier molecular flexibility index (Phi) is 4.43. The number of aromatic nitrogens is 1. The van der Waals surface area contributed by atoms with Gasteiger partial charge in [-0.25, -0.2) is 4.79 Å². The van der Waals surface area contributed by atoms with Gasteiger partial charge in [-0.2, -0.15) is 0 Å². The highest BCUT2D eigenvalue weighted by Gasteiger charge is 2.14. The molecule has 0 unspecified atom stereocenters. The molecule has 2 aromatic carbocycles. The minimum atomic E-state index is -0.882. The summed E-state index contributed by atoms with van der Waals surface area (Å²) in [6, 6.07) is 16.4. The fourth-order valence-electron chi connectivity index (χ4n) is 3.44. The van der Waals surface area contributed by atoms with Gasteiger partial charge >= 0.3 is 5.97 Å². The molecule has 1 heterocycles. The maximum atomic E-state index is 11.2. The molecule has 1 aromatic heterocycles. The number of carboxylic acids is 1. The number of carboxylic acid groups (broad SMARTS) is 1. The SMILES string of the molecule is CCc1ccccc1Cc1cc2cc(C(=O)O)ccc2n1C(C)C. The van der Waals surface area contributed by atoms with Crippen LogP contribution in [0, 0.1) is 0 Å². The van der Waals surface area contributed by atoms with Gasteiger partial charge in [0, 0.05) is 29.1 Å². The number of fused-ring (bicyclic) bond motifs is 1. The van der Waals surface area contributed by atoms with E-state index in [1.54, 1.807) is 12.1 Å². The van der Waals surface area contributed by atoms with E-state index in [4.69, 9.17) is 0 Å². The summed E-state index contributed by atoms with van der Waals surface area (Å²) >= 11 is 0. The van der Waals surface area contributed by atoms with E-state index in [0.717, 1.165) is 23.7 Å². The molecule has 0 spiro atoms. The fraction of sp³-hybridized carbons (Fsp3) is 0.286. The highest BCUT2D eigenvalue weighted by molar-refractivity contribution is 5.94. The third-order valence-corrected chi connectivity index (χ3v) is 4.55. The van der Waals surface area contributed by atoms with Crippen LogP contribution in [0.4, 0.5) is 0 Å².